The summed E-state index contributed by atoms with van der Waals surface area (Å²) in [5.41, 5.74) is 5.88. The average molecular weight is 536 g/mol. The molecule has 1 spiro atoms. The molecule has 12 nitrogen and oxygen atoms in total. The molecule has 0 bridgehead atoms. The molecule has 2 saturated heterocycles. The summed E-state index contributed by atoms with van der Waals surface area (Å²) in [6, 6.07) is 6.63. The van der Waals surface area contributed by atoms with Crippen molar-refractivity contribution >= 4 is 40.2 Å². The number of anilines is 3. The van der Waals surface area contributed by atoms with Crippen LogP contribution in [0, 0.1) is 5.41 Å². The summed E-state index contributed by atoms with van der Waals surface area (Å²) < 4.78 is 6.76. The van der Waals surface area contributed by atoms with Gasteiger partial charge >= 0.3 is 5.69 Å². The summed E-state index contributed by atoms with van der Waals surface area (Å²) in [6.45, 7) is 4.13. The van der Waals surface area contributed by atoms with Crippen molar-refractivity contribution in [3.8, 4) is 5.69 Å². The van der Waals surface area contributed by atoms with Crippen molar-refractivity contribution in [2.75, 3.05) is 29.9 Å². The van der Waals surface area contributed by atoms with Gasteiger partial charge in [0.25, 0.3) is 5.56 Å². The Balaban J connectivity index is 1.31. The van der Waals surface area contributed by atoms with E-state index in [2.05, 4.69) is 35.1 Å². The number of H-pyrrole nitrogens is 1. The molecule has 2 fully saturated rings. The third-order valence-corrected chi connectivity index (χ3v) is 7.95. The van der Waals surface area contributed by atoms with E-state index in [1.807, 2.05) is 6.92 Å². The van der Waals surface area contributed by atoms with Gasteiger partial charge in [0.1, 0.15) is 5.82 Å². The monoisotopic (exact) mass is 535 g/mol. The van der Waals surface area contributed by atoms with Crippen LogP contribution in [0.25, 0.3) is 16.9 Å². The molecule has 2 aliphatic heterocycles. The predicted octanol–water partition coefficient (Wildman–Crippen LogP) is 1.99. The highest BCUT2D eigenvalue weighted by atomic mass is 35.5. The second kappa shape index (κ2) is 9.46. The number of nitrogens with one attached hydrogen (secondary N) is 2. The molecule has 2 atom stereocenters. The van der Waals surface area contributed by atoms with Gasteiger partial charge in [-0.15, -0.1) is 0 Å². The van der Waals surface area contributed by atoms with Crippen molar-refractivity contribution in [3.63, 3.8) is 0 Å². The number of rotatable bonds is 4. The summed E-state index contributed by atoms with van der Waals surface area (Å²) >= 11 is 6.59. The second-order valence-corrected chi connectivity index (χ2v) is 10.1. The highest BCUT2D eigenvalue weighted by Gasteiger charge is 2.47. The maximum absolute atomic E-state index is 13.4. The second-order valence-electron chi connectivity index (χ2n) is 9.72. The Morgan fingerprint density at radius 3 is 2.63 bits per heavy atom. The number of fused-ring (bicyclic) bond motifs is 1. The third-order valence-electron chi connectivity index (χ3n) is 7.56. The van der Waals surface area contributed by atoms with E-state index >= 15 is 0 Å². The summed E-state index contributed by atoms with van der Waals surface area (Å²) in [4.78, 5) is 48.5. The van der Waals surface area contributed by atoms with Gasteiger partial charge in [0, 0.05) is 36.9 Å². The van der Waals surface area contributed by atoms with E-state index in [0.29, 0.717) is 24.1 Å². The maximum atomic E-state index is 13.4. The predicted molar refractivity (Wildman–Crippen MR) is 143 cm³/mol. The Hall–Kier alpha value is -3.87. The molecule has 4 N–H and O–H groups in total. The maximum Gasteiger partial charge on any atom is 0.334 e. The van der Waals surface area contributed by atoms with Crippen molar-refractivity contribution in [1.82, 2.24) is 29.5 Å². The summed E-state index contributed by atoms with van der Waals surface area (Å²) in [6.07, 6.45) is 6.51. The van der Waals surface area contributed by atoms with Crippen LogP contribution in [-0.4, -0.2) is 61.3 Å². The molecular formula is C25H26ClN9O3. The summed E-state index contributed by atoms with van der Waals surface area (Å²) in [5, 5.41) is 3.15. The lowest BCUT2D eigenvalue weighted by molar-refractivity contribution is 0.0974. The van der Waals surface area contributed by atoms with Gasteiger partial charge in [-0.05, 0) is 38.0 Å². The van der Waals surface area contributed by atoms with E-state index in [1.54, 1.807) is 42.9 Å². The van der Waals surface area contributed by atoms with E-state index in [9.17, 15) is 9.59 Å². The zero-order chi connectivity index (χ0) is 26.4. The van der Waals surface area contributed by atoms with E-state index in [1.165, 1.54) is 0 Å². The van der Waals surface area contributed by atoms with Gasteiger partial charge in [0.05, 0.1) is 35.3 Å². The number of nitrogens with two attached hydrogens (primary N) is 1. The van der Waals surface area contributed by atoms with Gasteiger partial charge in [-0.1, -0.05) is 17.7 Å². The Morgan fingerprint density at radius 1 is 1.16 bits per heavy atom. The number of piperidine rings is 1. The van der Waals surface area contributed by atoms with E-state index in [-0.39, 0.29) is 39.4 Å². The lowest BCUT2D eigenvalue weighted by Gasteiger charge is -2.41. The largest absolute Gasteiger partial charge is 0.376 e. The number of hydrogen-bond donors (Lipinski definition) is 3. The van der Waals surface area contributed by atoms with Gasteiger partial charge in [-0.25, -0.2) is 29.3 Å². The molecule has 13 heteroatoms. The lowest BCUT2D eigenvalue weighted by atomic mass is 9.73. The average Bonchev–Trinajstić information content (AvgIpc) is 3.20. The molecule has 0 aliphatic carbocycles. The molecule has 5 heterocycles. The van der Waals surface area contributed by atoms with Gasteiger partial charge in [0.2, 0.25) is 5.95 Å². The Morgan fingerprint density at radius 2 is 1.92 bits per heavy atom. The van der Waals surface area contributed by atoms with Crippen LogP contribution in [0.1, 0.15) is 19.8 Å². The minimum atomic E-state index is -0.676. The van der Waals surface area contributed by atoms with Gasteiger partial charge < -0.3 is 20.7 Å². The molecule has 0 unspecified atom stereocenters. The zero-order valence-corrected chi connectivity index (χ0v) is 21.4. The van der Waals surface area contributed by atoms with E-state index in [0.717, 1.165) is 30.5 Å². The Bertz CT molecular complexity index is 1620. The zero-order valence-electron chi connectivity index (χ0n) is 20.6. The quantitative estimate of drug-likeness (QED) is 0.353. The minimum Gasteiger partial charge on any atom is -0.376 e. The fourth-order valence-corrected chi connectivity index (χ4v) is 5.53. The van der Waals surface area contributed by atoms with Crippen LogP contribution < -0.4 is 27.2 Å². The molecular weight excluding hydrogens is 510 g/mol. The Labute approximate surface area is 221 Å². The molecule has 3 aromatic heterocycles. The first-order valence-electron chi connectivity index (χ1n) is 12.3. The standard InChI is InChI=1S/C25H26ClN9O3/c1-14-20(27)25(13-38-14)6-10-34(11-7-25)17-12-30-19-21(32-17)33-24(37)35(22(19)36)16-5-2-4-15(18(16)26)31-23-28-8-3-9-29-23/h2-5,8-9,12,14,20H,6-7,10-11,13,27H2,1H3,(H,28,29,31)(H,32,33,37)/t14-,20+/m0/s1. The first-order chi connectivity index (χ1) is 18.4. The van der Waals surface area contributed by atoms with Crippen LogP contribution in [-0.2, 0) is 4.74 Å². The van der Waals surface area contributed by atoms with Crippen molar-refractivity contribution in [2.45, 2.75) is 31.9 Å². The van der Waals surface area contributed by atoms with Crippen molar-refractivity contribution in [2.24, 2.45) is 11.1 Å². The first-order valence-corrected chi connectivity index (χ1v) is 12.7. The van der Waals surface area contributed by atoms with E-state index in [4.69, 9.17) is 22.1 Å². The van der Waals surface area contributed by atoms with Crippen LogP contribution in [0.5, 0.6) is 0 Å². The molecule has 1 aromatic carbocycles. The molecule has 38 heavy (non-hydrogen) atoms. The molecule has 0 radical (unpaired) electrons. The fourth-order valence-electron chi connectivity index (χ4n) is 5.28. The smallest absolute Gasteiger partial charge is 0.334 e. The highest BCUT2D eigenvalue weighted by Crippen LogP contribution is 2.41. The number of nitrogens with zero attached hydrogens (tertiary/aromatic N) is 6. The summed E-state index contributed by atoms with van der Waals surface area (Å²) in [7, 11) is 0. The highest BCUT2D eigenvalue weighted by molar-refractivity contribution is 6.35. The number of ether oxygens (including phenoxy) is 1. The third kappa shape index (κ3) is 4.10. The van der Waals surface area contributed by atoms with Gasteiger partial charge in [0.15, 0.2) is 11.2 Å². The normalized spacial score (nSPS) is 20.8. The van der Waals surface area contributed by atoms with Crippen molar-refractivity contribution < 1.29 is 4.74 Å². The SMILES string of the molecule is C[C@@H]1OCC2(CCN(c3cnc4c(=O)n(-c5cccc(Nc6ncccn6)c5Cl)c(=O)[nH]c4n3)CC2)[C@@H]1N. The van der Waals surface area contributed by atoms with Gasteiger partial charge in [-0.2, -0.15) is 0 Å². The lowest BCUT2D eigenvalue weighted by Crippen LogP contribution is -2.50. The Kier molecular flexibility index (Phi) is 6.09. The first kappa shape index (κ1) is 24.5. The van der Waals surface area contributed by atoms with Gasteiger partial charge in [-0.3, -0.25) is 9.78 Å². The van der Waals surface area contributed by atoms with Crippen LogP contribution >= 0.6 is 11.6 Å². The number of aromatic nitrogens is 6. The number of hydrogen-bond acceptors (Lipinski definition) is 10. The molecule has 0 amide bonds. The minimum absolute atomic E-state index is 0.00269. The summed E-state index contributed by atoms with van der Waals surface area (Å²) in [5.74, 6) is 0.915. The molecule has 0 saturated carbocycles. The number of halogens is 1. The number of benzene rings is 1. The van der Waals surface area contributed by atoms with Crippen LogP contribution in [0.15, 0.2) is 52.4 Å². The van der Waals surface area contributed by atoms with Crippen molar-refractivity contribution in [3.05, 3.63) is 68.7 Å². The molecule has 2 aliphatic rings. The molecule has 4 aromatic rings. The van der Waals surface area contributed by atoms with Crippen LogP contribution in [0.3, 0.4) is 0 Å². The van der Waals surface area contributed by atoms with Crippen LogP contribution in [0.2, 0.25) is 5.02 Å². The fraction of sp³-hybridized carbons (Fsp3) is 0.360. The molecule has 196 valence electrons. The number of aromatic amines is 1. The van der Waals surface area contributed by atoms with Crippen molar-refractivity contribution in [1.29, 1.82) is 0 Å². The van der Waals surface area contributed by atoms with E-state index < -0.39 is 11.2 Å². The van der Waals surface area contributed by atoms with Crippen LogP contribution in [0.4, 0.5) is 17.5 Å². The topological polar surface area (TPSA) is 157 Å². The molecule has 6 rings (SSSR count).